The predicted octanol–water partition coefficient (Wildman–Crippen LogP) is 1.16. The fourth-order valence-electron chi connectivity index (χ4n) is 2.03. The Morgan fingerprint density at radius 2 is 1.95 bits per heavy atom. The minimum atomic E-state index is -3.44. The van der Waals surface area contributed by atoms with Crippen LogP contribution in [0.15, 0.2) is 23.4 Å². The minimum absolute atomic E-state index is 0.100. The van der Waals surface area contributed by atoms with Crippen LogP contribution in [-0.2, 0) is 16.6 Å². The monoisotopic (exact) mass is 281 g/mol. The van der Waals surface area contributed by atoms with Gasteiger partial charge in [0, 0.05) is 24.8 Å². The van der Waals surface area contributed by atoms with Gasteiger partial charge >= 0.3 is 0 Å². The molecule has 0 bridgehead atoms. The van der Waals surface area contributed by atoms with Gasteiger partial charge in [0.15, 0.2) is 5.03 Å². The summed E-state index contributed by atoms with van der Waals surface area (Å²) in [6, 6.07) is 4.16. The highest BCUT2D eigenvalue weighted by molar-refractivity contribution is 7.89. The van der Waals surface area contributed by atoms with Crippen LogP contribution in [0.25, 0.3) is 0 Å². The van der Waals surface area contributed by atoms with Crippen LogP contribution in [0.5, 0.6) is 0 Å². The van der Waals surface area contributed by atoms with Crippen LogP contribution in [0.2, 0.25) is 0 Å². The molecule has 19 heavy (non-hydrogen) atoms. The Bertz CT molecular complexity index is 534. The van der Waals surface area contributed by atoms with Gasteiger partial charge in [0.1, 0.15) is 0 Å². The van der Waals surface area contributed by atoms with E-state index < -0.39 is 10.0 Å². The Labute approximate surface area is 113 Å². The van der Waals surface area contributed by atoms with Crippen molar-refractivity contribution in [3.05, 3.63) is 23.9 Å². The van der Waals surface area contributed by atoms with Crippen molar-refractivity contribution in [2.24, 2.45) is 0 Å². The molecule has 104 valence electrons. The molecular formula is C13H19N3O2S. The summed E-state index contributed by atoms with van der Waals surface area (Å²) in [5.74, 6) is 0. The Hall–Kier alpha value is -0.980. The average Bonchev–Trinajstić information content (AvgIpc) is 3.16. The summed E-state index contributed by atoms with van der Waals surface area (Å²) in [6.45, 7) is 0.758. The Kier molecular flexibility index (Phi) is 3.56. The molecule has 2 aliphatic rings. The quantitative estimate of drug-likeness (QED) is 0.821. The maximum absolute atomic E-state index is 12.0. The van der Waals surface area contributed by atoms with Crippen molar-refractivity contribution in [1.82, 2.24) is 15.0 Å². The molecule has 0 spiro atoms. The average molecular weight is 281 g/mol. The zero-order valence-electron chi connectivity index (χ0n) is 10.8. The summed E-state index contributed by atoms with van der Waals surface area (Å²) in [4.78, 5) is 4.07. The van der Waals surface area contributed by atoms with Crippen molar-refractivity contribution in [2.45, 2.75) is 55.8 Å². The topological polar surface area (TPSA) is 71.1 Å². The third-order valence-corrected chi connectivity index (χ3v) is 5.11. The van der Waals surface area contributed by atoms with Crippen LogP contribution in [0.3, 0.4) is 0 Å². The normalized spacial score (nSPS) is 20.2. The summed E-state index contributed by atoms with van der Waals surface area (Å²) in [7, 11) is -3.44. The summed E-state index contributed by atoms with van der Waals surface area (Å²) in [5.41, 5.74) is 1.02. The molecule has 2 N–H and O–H groups in total. The van der Waals surface area contributed by atoms with Gasteiger partial charge < -0.3 is 5.32 Å². The van der Waals surface area contributed by atoms with Crippen molar-refractivity contribution in [3.8, 4) is 0 Å². The van der Waals surface area contributed by atoms with E-state index in [1.54, 1.807) is 12.3 Å². The van der Waals surface area contributed by atoms with E-state index >= 15 is 0 Å². The first-order valence-electron chi connectivity index (χ1n) is 6.84. The summed E-state index contributed by atoms with van der Waals surface area (Å²) < 4.78 is 26.7. The van der Waals surface area contributed by atoms with E-state index in [4.69, 9.17) is 0 Å². The van der Waals surface area contributed by atoms with Crippen molar-refractivity contribution in [3.63, 3.8) is 0 Å². The molecule has 2 fully saturated rings. The Morgan fingerprint density at radius 3 is 2.47 bits per heavy atom. The van der Waals surface area contributed by atoms with Crippen molar-refractivity contribution in [2.75, 3.05) is 0 Å². The maximum Gasteiger partial charge on any atom is 0.258 e. The van der Waals surface area contributed by atoms with Crippen LogP contribution < -0.4 is 10.0 Å². The number of nitrogens with one attached hydrogen (secondary N) is 2. The number of hydrogen-bond donors (Lipinski definition) is 2. The first kappa shape index (κ1) is 13.0. The second kappa shape index (κ2) is 5.19. The molecule has 5 nitrogen and oxygen atoms in total. The van der Waals surface area contributed by atoms with E-state index in [1.807, 2.05) is 6.07 Å². The number of hydrogen-bond acceptors (Lipinski definition) is 4. The standard InChI is InChI=1S/C13H19N3O2S/c17-19(18,16-12-2-1-3-12)13-7-4-10(9-15-13)8-14-11-5-6-11/h4,7,9,11-12,14,16H,1-3,5-6,8H2. The zero-order valence-corrected chi connectivity index (χ0v) is 11.6. The molecule has 1 aromatic rings. The Morgan fingerprint density at radius 1 is 1.16 bits per heavy atom. The SMILES string of the molecule is O=S(=O)(NC1CCC1)c1ccc(CNC2CC2)cn1. The fourth-order valence-corrected chi connectivity index (χ4v) is 3.26. The van der Waals surface area contributed by atoms with Gasteiger partial charge in [0.2, 0.25) is 0 Å². The first-order valence-corrected chi connectivity index (χ1v) is 8.32. The number of aromatic nitrogens is 1. The number of rotatable bonds is 6. The molecule has 0 saturated heterocycles. The van der Waals surface area contributed by atoms with E-state index in [1.165, 1.54) is 12.8 Å². The summed E-state index contributed by atoms with van der Waals surface area (Å²) >= 11 is 0. The lowest BCUT2D eigenvalue weighted by molar-refractivity contribution is 0.383. The van der Waals surface area contributed by atoms with E-state index in [0.29, 0.717) is 6.04 Å². The van der Waals surface area contributed by atoms with Crippen molar-refractivity contribution in [1.29, 1.82) is 0 Å². The van der Waals surface area contributed by atoms with Crippen LogP contribution in [-0.4, -0.2) is 25.5 Å². The Balaban J connectivity index is 1.62. The van der Waals surface area contributed by atoms with Crippen LogP contribution in [0, 0.1) is 0 Å². The van der Waals surface area contributed by atoms with Gasteiger partial charge in [-0.05, 0) is 37.3 Å². The highest BCUT2D eigenvalue weighted by Gasteiger charge is 2.25. The first-order chi connectivity index (χ1) is 9.13. The lowest BCUT2D eigenvalue weighted by Gasteiger charge is -2.25. The van der Waals surface area contributed by atoms with Gasteiger partial charge in [-0.2, -0.15) is 0 Å². The maximum atomic E-state index is 12.0. The van der Waals surface area contributed by atoms with Crippen molar-refractivity contribution < 1.29 is 8.42 Å². The summed E-state index contributed by atoms with van der Waals surface area (Å²) in [5, 5.41) is 3.50. The van der Waals surface area contributed by atoms with Crippen molar-refractivity contribution >= 4 is 10.0 Å². The van der Waals surface area contributed by atoms with Crippen LogP contribution in [0.4, 0.5) is 0 Å². The van der Waals surface area contributed by atoms with Gasteiger partial charge in [0.25, 0.3) is 10.0 Å². The molecule has 0 unspecified atom stereocenters. The third-order valence-electron chi connectivity index (χ3n) is 3.67. The molecule has 3 rings (SSSR count). The zero-order chi connectivity index (χ0) is 13.3. The number of sulfonamides is 1. The van der Waals surface area contributed by atoms with Gasteiger partial charge in [0.05, 0.1) is 0 Å². The molecule has 1 aromatic heterocycles. The lowest BCUT2D eigenvalue weighted by Crippen LogP contribution is -2.39. The van der Waals surface area contributed by atoms with Gasteiger partial charge in [-0.15, -0.1) is 0 Å². The second-order valence-electron chi connectivity index (χ2n) is 5.41. The van der Waals surface area contributed by atoms with E-state index in [-0.39, 0.29) is 11.1 Å². The van der Waals surface area contributed by atoms with Gasteiger partial charge in [-0.25, -0.2) is 18.1 Å². The van der Waals surface area contributed by atoms with Crippen LogP contribution in [0.1, 0.15) is 37.7 Å². The van der Waals surface area contributed by atoms with Gasteiger partial charge in [-0.3, -0.25) is 0 Å². The molecule has 6 heteroatoms. The van der Waals surface area contributed by atoms with E-state index in [2.05, 4.69) is 15.0 Å². The largest absolute Gasteiger partial charge is 0.310 e. The summed E-state index contributed by atoms with van der Waals surface area (Å²) in [6.07, 6.45) is 7.10. The molecule has 0 amide bonds. The molecular weight excluding hydrogens is 262 g/mol. The second-order valence-corrected chi connectivity index (χ2v) is 7.07. The number of pyridine rings is 1. The van der Waals surface area contributed by atoms with Crippen LogP contribution >= 0.6 is 0 Å². The third kappa shape index (κ3) is 3.32. The molecule has 0 aromatic carbocycles. The molecule has 2 aliphatic carbocycles. The molecule has 0 atom stereocenters. The van der Waals surface area contributed by atoms with E-state index in [0.717, 1.165) is 31.4 Å². The van der Waals surface area contributed by atoms with Gasteiger partial charge in [-0.1, -0.05) is 12.5 Å². The molecule has 0 aliphatic heterocycles. The highest BCUT2D eigenvalue weighted by atomic mass is 32.2. The molecule has 1 heterocycles. The molecule has 2 saturated carbocycles. The predicted molar refractivity (Wildman–Crippen MR) is 72.1 cm³/mol. The highest BCUT2D eigenvalue weighted by Crippen LogP contribution is 2.21. The lowest BCUT2D eigenvalue weighted by atomic mass is 9.94. The van der Waals surface area contributed by atoms with E-state index in [9.17, 15) is 8.42 Å². The fraction of sp³-hybridized carbons (Fsp3) is 0.615. The smallest absolute Gasteiger partial charge is 0.258 e. The minimum Gasteiger partial charge on any atom is -0.310 e. The number of nitrogens with zero attached hydrogens (tertiary/aromatic N) is 1. The molecule has 0 radical (unpaired) electrons.